The first-order valence-corrected chi connectivity index (χ1v) is 11.6. The van der Waals surface area contributed by atoms with Gasteiger partial charge in [-0.25, -0.2) is 9.18 Å². The van der Waals surface area contributed by atoms with Crippen molar-refractivity contribution in [1.29, 1.82) is 5.26 Å². The molecule has 2 aliphatic heterocycles. The summed E-state index contributed by atoms with van der Waals surface area (Å²) in [6.07, 6.45) is 0.103. The smallest absolute Gasteiger partial charge is 0.413 e. The molecule has 1 amide bonds. The maximum Gasteiger partial charge on any atom is 0.413 e. The summed E-state index contributed by atoms with van der Waals surface area (Å²) in [5, 5.41) is 32.6. The van der Waals surface area contributed by atoms with E-state index in [2.05, 4.69) is 21.4 Å². The van der Waals surface area contributed by atoms with Gasteiger partial charge in [0.15, 0.2) is 17.2 Å². The highest BCUT2D eigenvalue weighted by Crippen LogP contribution is 2.44. The number of carbonyl (C=O) groups is 1. The number of benzene rings is 1. The van der Waals surface area contributed by atoms with Crippen molar-refractivity contribution in [3.05, 3.63) is 53.2 Å². The molecule has 0 aliphatic carbocycles. The Kier molecular flexibility index (Phi) is 4.88. The number of carboxylic acid groups (broad SMARTS) is 1. The zero-order chi connectivity index (χ0) is 26.1. The van der Waals surface area contributed by atoms with E-state index in [1.54, 1.807) is 43.8 Å². The van der Waals surface area contributed by atoms with Gasteiger partial charge in [-0.2, -0.15) is 10.4 Å². The van der Waals surface area contributed by atoms with Gasteiger partial charge in [-0.05, 0) is 38.1 Å². The molecule has 6 rings (SSSR count). The van der Waals surface area contributed by atoms with Gasteiger partial charge in [0, 0.05) is 23.7 Å². The van der Waals surface area contributed by atoms with E-state index >= 15 is 4.39 Å². The molecular formula is C25H22FN7O4. The molecule has 3 aromatic heterocycles. The summed E-state index contributed by atoms with van der Waals surface area (Å²) in [7, 11) is 1.75. The Morgan fingerprint density at radius 3 is 2.73 bits per heavy atom. The second-order valence-corrected chi connectivity index (χ2v) is 9.67. The van der Waals surface area contributed by atoms with E-state index in [1.807, 2.05) is 0 Å². The number of aromatic nitrogens is 5. The Morgan fingerprint density at radius 1 is 1.24 bits per heavy atom. The predicted molar refractivity (Wildman–Crippen MR) is 128 cm³/mol. The second kappa shape index (κ2) is 7.92. The molecule has 0 radical (unpaired) electrons. The van der Waals surface area contributed by atoms with Crippen LogP contribution in [0.25, 0.3) is 16.9 Å². The number of amides is 1. The number of halogens is 1. The largest absolute Gasteiger partial charge is 0.493 e. The summed E-state index contributed by atoms with van der Waals surface area (Å²) in [6.45, 7) is 3.75. The van der Waals surface area contributed by atoms with E-state index in [-0.39, 0.29) is 36.2 Å². The van der Waals surface area contributed by atoms with Crippen LogP contribution in [-0.4, -0.2) is 48.8 Å². The van der Waals surface area contributed by atoms with Crippen LogP contribution in [0.4, 0.5) is 15.0 Å². The first-order valence-electron chi connectivity index (χ1n) is 11.6. The molecule has 4 aromatic rings. The van der Waals surface area contributed by atoms with Gasteiger partial charge in [-0.15, -0.1) is 10.2 Å². The van der Waals surface area contributed by atoms with Crippen LogP contribution < -0.4 is 14.4 Å². The summed E-state index contributed by atoms with van der Waals surface area (Å²) in [4.78, 5) is 13.6. The molecule has 0 saturated heterocycles. The molecular weight excluding hydrogens is 481 g/mol. The SMILES string of the molecule is Cn1nc(C(C)(C)C#N)cc1-c1cc2c(n3cnnc13)N(C(=O)O)Cc1c(F)ccc3c1[C@@H](CO3)CO2. The van der Waals surface area contributed by atoms with Crippen molar-refractivity contribution in [3.63, 3.8) is 0 Å². The molecule has 37 heavy (non-hydrogen) atoms. The minimum Gasteiger partial charge on any atom is -0.493 e. The van der Waals surface area contributed by atoms with Crippen LogP contribution in [0.1, 0.15) is 36.6 Å². The van der Waals surface area contributed by atoms with E-state index in [0.717, 1.165) is 4.90 Å². The van der Waals surface area contributed by atoms with Gasteiger partial charge < -0.3 is 14.6 Å². The number of aryl methyl sites for hydroxylation is 1. The lowest BCUT2D eigenvalue weighted by Crippen LogP contribution is -2.31. The van der Waals surface area contributed by atoms with Gasteiger partial charge in [0.1, 0.15) is 17.9 Å². The fraction of sp³-hybridized carbons (Fsp3) is 0.320. The molecule has 1 N–H and O–H groups in total. The quantitative estimate of drug-likeness (QED) is 0.439. The van der Waals surface area contributed by atoms with Gasteiger partial charge >= 0.3 is 6.09 Å². The fourth-order valence-electron chi connectivity index (χ4n) is 4.93. The van der Waals surface area contributed by atoms with Crippen LogP contribution in [-0.2, 0) is 19.0 Å². The van der Waals surface area contributed by atoms with Crippen LogP contribution in [0.3, 0.4) is 0 Å². The van der Waals surface area contributed by atoms with Crippen LogP contribution in [0.2, 0.25) is 0 Å². The van der Waals surface area contributed by atoms with Crippen molar-refractivity contribution < 1.29 is 23.8 Å². The molecule has 11 nitrogen and oxygen atoms in total. The minimum atomic E-state index is -1.29. The number of pyridine rings is 1. The van der Waals surface area contributed by atoms with E-state index in [1.165, 1.54) is 16.8 Å². The number of fused-ring (bicyclic) bond motifs is 3. The number of nitrogens with zero attached hydrogens (tertiary/aromatic N) is 7. The van der Waals surface area contributed by atoms with Gasteiger partial charge in [-0.1, -0.05) is 0 Å². The fourth-order valence-corrected chi connectivity index (χ4v) is 4.93. The zero-order valence-corrected chi connectivity index (χ0v) is 20.3. The Hall–Kier alpha value is -4.66. The first-order chi connectivity index (χ1) is 17.7. The number of ether oxygens (including phenoxy) is 2. The highest BCUT2D eigenvalue weighted by atomic mass is 19.1. The number of hydrogen-bond acceptors (Lipinski definition) is 7. The van der Waals surface area contributed by atoms with Gasteiger partial charge in [-0.3, -0.25) is 14.0 Å². The zero-order valence-electron chi connectivity index (χ0n) is 20.3. The van der Waals surface area contributed by atoms with Crippen LogP contribution in [0.15, 0.2) is 30.6 Å². The van der Waals surface area contributed by atoms with Gasteiger partial charge in [0.05, 0.1) is 48.5 Å². The molecule has 12 heteroatoms. The lowest BCUT2D eigenvalue weighted by molar-refractivity contribution is 0.200. The molecule has 5 heterocycles. The lowest BCUT2D eigenvalue weighted by Gasteiger charge is -2.23. The highest BCUT2D eigenvalue weighted by molar-refractivity contribution is 5.90. The third kappa shape index (κ3) is 3.38. The van der Waals surface area contributed by atoms with Crippen molar-refractivity contribution in [2.24, 2.45) is 7.05 Å². The van der Waals surface area contributed by atoms with Gasteiger partial charge in [0.25, 0.3) is 0 Å². The normalized spacial score (nSPS) is 16.6. The van der Waals surface area contributed by atoms with Crippen molar-refractivity contribution in [2.45, 2.75) is 31.7 Å². The first kappa shape index (κ1) is 22.8. The monoisotopic (exact) mass is 503 g/mol. The third-order valence-corrected chi connectivity index (χ3v) is 6.94. The average molecular weight is 503 g/mol. The Labute approximate surface area is 210 Å². The molecule has 188 valence electrons. The number of anilines is 1. The maximum absolute atomic E-state index is 15.0. The lowest BCUT2D eigenvalue weighted by atomic mass is 9.91. The average Bonchev–Trinajstić information content (AvgIpc) is 3.60. The topological polar surface area (TPSA) is 131 Å². The Morgan fingerprint density at radius 2 is 2.00 bits per heavy atom. The highest BCUT2D eigenvalue weighted by Gasteiger charge is 2.36. The molecule has 1 aromatic carbocycles. The summed E-state index contributed by atoms with van der Waals surface area (Å²) in [6, 6.07) is 8.59. The molecule has 1 atom stereocenters. The number of rotatable bonds is 2. The standard InChI is InChI=1S/C25H22FN7O4/c1-25(2,11-27)20-7-17(31(3)30-20)14-6-19-23(33-12-28-29-22(14)33)32(24(34)35)8-15-16(26)4-5-18-21(15)13(9-36-18)10-37-19/h4-7,12-13H,8-10H2,1-3H3,(H,34,35)/t13-/m0/s1. The molecule has 0 saturated carbocycles. The van der Waals surface area contributed by atoms with E-state index < -0.39 is 17.3 Å². The van der Waals surface area contributed by atoms with Gasteiger partial charge in [0.2, 0.25) is 0 Å². The van der Waals surface area contributed by atoms with Crippen LogP contribution in [0.5, 0.6) is 11.5 Å². The maximum atomic E-state index is 15.0. The second-order valence-electron chi connectivity index (χ2n) is 9.67. The molecule has 0 unspecified atom stereocenters. The number of nitriles is 1. The minimum absolute atomic E-state index is 0.148. The van der Waals surface area contributed by atoms with E-state index in [4.69, 9.17) is 9.47 Å². The summed E-state index contributed by atoms with van der Waals surface area (Å²) in [5.74, 6) is 0.159. The van der Waals surface area contributed by atoms with E-state index in [0.29, 0.717) is 40.5 Å². The summed E-state index contributed by atoms with van der Waals surface area (Å²) >= 11 is 0. The predicted octanol–water partition coefficient (Wildman–Crippen LogP) is 3.62. The van der Waals surface area contributed by atoms with Crippen molar-refractivity contribution >= 4 is 17.6 Å². The Balaban J connectivity index is 1.58. The molecule has 2 aliphatic rings. The molecule has 0 fully saturated rings. The third-order valence-electron chi connectivity index (χ3n) is 6.94. The number of hydrogen-bond donors (Lipinski definition) is 1. The van der Waals surface area contributed by atoms with E-state index in [9.17, 15) is 15.2 Å². The Bertz CT molecular complexity index is 1630. The van der Waals surface area contributed by atoms with Crippen LogP contribution in [0, 0.1) is 17.1 Å². The van der Waals surface area contributed by atoms with Crippen LogP contribution >= 0.6 is 0 Å². The van der Waals surface area contributed by atoms with Crippen molar-refractivity contribution in [2.75, 3.05) is 18.1 Å². The molecule has 0 bridgehead atoms. The van der Waals surface area contributed by atoms with Crippen molar-refractivity contribution in [1.82, 2.24) is 24.4 Å². The summed E-state index contributed by atoms with van der Waals surface area (Å²) in [5.41, 5.74) is 2.21. The van der Waals surface area contributed by atoms with Crippen molar-refractivity contribution in [3.8, 4) is 28.8 Å². The molecule has 0 spiro atoms. The summed E-state index contributed by atoms with van der Waals surface area (Å²) < 4.78 is 30.2.